The zero-order valence-electron chi connectivity index (χ0n) is 14.4. The summed E-state index contributed by atoms with van der Waals surface area (Å²) in [6, 6.07) is 13.6. The van der Waals surface area contributed by atoms with Crippen LogP contribution in [0.15, 0.2) is 53.4 Å². The molecule has 4 N–H and O–H groups in total. The second kappa shape index (κ2) is 7.88. The summed E-state index contributed by atoms with van der Waals surface area (Å²) in [5.41, 5.74) is 7.75. The highest BCUT2D eigenvalue weighted by molar-refractivity contribution is 7.89. The molecule has 0 spiro atoms. The Bertz CT molecular complexity index is 875. The Morgan fingerprint density at radius 1 is 1.12 bits per heavy atom. The second-order valence-corrected chi connectivity index (χ2v) is 8.34. The molecule has 26 heavy (non-hydrogen) atoms. The lowest BCUT2D eigenvalue weighted by Gasteiger charge is -2.09. The zero-order chi connectivity index (χ0) is 18.6. The van der Waals surface area contributed by atoms with E-state index in [9.17, 15) is 13.2 Å². The lowest BCUT2D eigenvalue weighted by atomic mass is 10.1. The molecule has 2 aromatic carbocycles. The first kappa shape index (κ1) is 18.4. The van der Waals surface area contributed by atoms with Gasteiger partial charge in [0.25, 0.3) is 5.91 Å². The lowest BCUT2D eigenvalue weighted by Crippen LogP contribution is -2.28. The maximum Gasteiger partial charge on any atom is 0.251 e. The highest BCUT2D eigenvalue weighted by Gasteiger charge is 2.24. The molecule has 1 aliphatic carbocycles. The van der Waals surface area contributed by atoms with Crippen molar-refractivity contribution in [3.8, 4) is 0 Å². The minimum Gasteiger partial charge on any atom is -0.399 e. The number of anilines is 1. The van der Waals surface area contributed by atoms with Crippen LogP contribution < -0.4 is 15.8 Å². The van der Waals surface area contributed by atoms with Crippen molar-refractivity contribution in [3.63, 3.8) is 0 Å². The smallest absolute Gasteiger partial charge is 0.251 e. The molecule has 0 heterocycles. The van der Waals surface area contributed by atoms with Gasteiger partial charge in [-0.15, -0.1) is 0 Å². The molecular formula is C19H23N3O3S. The Balaban J connectivity index is 1.57. The van der Waals surface area contributed by atoms with Gasteiger partial charge in [-0.3, -0.25) is 4.79 Å². The number of hydrogen-bond donors (Lipinski definition) is 3. The van der Waals surface area contributed by atoms with E-state index in [1.54, 1.807) is 12.1 Å². The van der Waals surface area contributed by atoms with Gasteiger partial charge in [0.05, 0.1) is 4.90 Å². The number of carbonyl (C=O) groups is 1. The van der Waals surface area contributed by atoms with Crippen molar-refractivity contribution in [2.45, 2.75) is 24.2 Å². The van der Waals surface area contributed by atoms with Crippen LogP contribution in [0.25, 0.3) is 0 Å². The van der Waals surface area contributed by atoms with E-state index < -0.39 is 10.0 Å². The van der Waals surface area contributed by atoms with Crippen LogP contribution in [0, 0.1) is 5.92 Å². The molecule has 138 valence electrons. The van der Waals surface area contributed by atoms with Gasteiger partial charge in [-0.25, -0.2) is 13.1 Å². The van der Waals surface area contributed by atoms with Crippen LogP contribution in [0.1, 0.15) is 28.8 Å². The van der Waals surface area contributed by atoms with Gasteiger partial charge >= 0.3 is 0 Å². The first-order valence-electron chi connectivity index (χ1n) is 8.66. The van der Waals surface area contributed by atoms with Gasteiger partial charge in [0.1, 0.15) is 0 Å². The molecule has 0 atom stereocenters. The van der Waals surface area contributed by atoms with Gasteiger partial charge < -0.3 is 11.1 Å². The fourth-order valence-corrected chi connectivity index (χ4v) is 3.71. The van der Waals surface area contributed by atoms with E-state index in [-0.39, 0.29) is 10.8 Å². The van der Waals surface area contributed by atoms with Gasteiger partial charge in [0.2, 0.25) is 10.0 Å². The van der Waals surface area contributed by atoms with Gasteiger partial charge in [-0.2, -0.15) is 0 Å². The molecule has 1 aliphatic rings. The Labute approximate surface area is 153 Å². The molecule has 0 unspecified atom stereocenters. The Morgan fingerprint density at radius 2 is 1.85 bits per heavy atom. The van der Waals surface area contributed by atoms with Crippen LogP contribution in [0.4, 0.5) is 5.69 Å². The summed E-state index contributed by atoms with van der Waals surface area (Å²) in [5, 5.41) is 2.82. The topological polar surface area (TPSA) is 101 Å². The highest BCUT2D eigenvalue weighted by Crippen LogP contribution is 2.28. The van der Waals surface area contributed by atoms with E-state index in [1.165, 1.54) is 12.1 Å². The summed E-state index contributed by atoms with van der Waals surface area (Å²) in [7, 11) is -3.58. The fourth-order valence-electron chi connectivity index (χ4n) is 2.54. The molecule has 0 bridgehead atoms. The third-order valence-corrected chi connectivity index (χ3v) is 5.77. The highest BCUT2D eigenvalue weighted by atomic mass is 32.2. The predicted octanol–water partition coefficient (Wildman–Crippen LogP) is 1.93. The quantitative estimate of drug-likeness (QED) is 0.615. The molecule has 1 fully saturated rings. The van der Waals surface area contributed by atoms with Crippen LogP contribution in [0.3, 0.4) is 0 Å². The summed E-state index contributed by atoms with van der Waals surface area (Å²) < 4.78 is 27.2. The van der Waals surface area contributed by atoms with Crippen molar-refractivity contribution in [2.24, 2.45) is 5.92 Å². The van der Waals surface area contributed by atoms with Crippen LogP contribution >= 0.6 is 0 Å². The number of rotatable bonds is 8. The Kier molecular flexibility index (Phi) is 5.58. The first-order valence-corrected chi connectivity index (χ1v) is 10.1. The molecule has 0 aromatic heterocycles. The minimum atomic E-state index is -3.58. The van der Waals surface area contributed by atoms with Crippen LogP contribution in [0.5, 0.6) is 0 Å². The van der Waals surface area contributed by atoms with Crippen LogP contribution in [0.2, 0.25) is 0 Å². The maximum atomic E-state index is 12.3. The normalized spacial score (nSPS) is 14.2. The number of benzene rings is 2. The number of nitrogens with two attached hydrogens (primary N) is 1. The molecule has 6 nitrogen and oxygen atoms in total. The van der Waals surface area contributed by atoms with E-state index in [0.717, 1.165) is 18.4 Å². The molecule has 7 heteroatoms. The number of nitrogen functional groups attached to an aromatic ring is 1. The zero-order valence-corrected chi connectivity index (χ0v) is 15.3. The minimum absolute atomic E-state index is 0.115. The molecule has 0 aliphatic heterocycles. The first-order chi connectivity index (χ1) is 12.4. The van der Waals surface area contributed by atoms with Crippen molar-refractivity contribution in [2.75, 3.05) is 18.8 Å². The molecular weight excluding hydrogens is 350 g/mol. The number of sulfonamides is 1. The summed E-state index contributed by atoms with van der Waals surface area (Å²) in [6.45, 7) is 0.917. The average molecular weight is 373 g/mol. The SMILES string of the molecule is Nc1ccc(CCNC(=O)c2cccc(S(=O)(=O)NCC3CC3)c2)cc1. The molecule has 1 amide bonds. The van der Waals surface area contributed by atoms with Gasteiger partial charge in [-0.1, -0.05) is 18.2 Å². The van der Waals surface area contributed by atoms with Crippen molar-refractivity contribution in [3.05, 3.63) is 59.7 Å². The second-order valence-electron chi connectivity index (χ2n) is 6.57. The van der Waals surface area contributed by atoms with Crippen LogP contribution in [-0.2, 0) is 16.4 Å². The summed E-state index contributed by atoms with van der Waals surface area (Å²) in [5.74, 6) is 0.157. The van der Waals surface area contributed by atoms with E-state index >= 15 is 0 Å². The molecule has 3 rings (SSSR count). The number of amides is 1. The summed E-state index contributed by atoms with van der Waals surface area (Å²) in [6.07, 6.45) is 2.81. The maximum absolute atomic E-state index is 12.3. The fraction of sp³-hybridized carbons (Fsp3) is 0.316. The van der Waals surface area contributed by atoms with Gasteiger partial charge in [-0.05, 0) is 61.1 Å². The summed E-state index contributed by atoms with van der Waals surface area (Å²) >= 11 is 0. The summed E-state index contributed by atoms with van der Waals surface area (Å²) in [4.78, 5) is 12.4. The number of nitrogens with one attached hydrogen (secondary N) is 2. The van der Waals surface area contributed by atoms with E-state index in [1.807, 2.05) is 24.3 Å². The molecule has 1 saturated carbocycles. The van der Waals surface area contributed by atoms with Crippen molar-refractivity contribution < 1.29 is 13.2 Å². The monoisotopic (exact) mass is 373 g/mol. The third-order valence-electron chi connectivity index (χ3n) is 4.34. The van der Waals surface area contributed by atoms with Crippen LogP contribution in [-0.4, -0.2) is 27.4 Å². The number of carbonyl (C=O) groups excluding carboxylic acids is 1. The molecule has 0 saturated heterocycles. The van der Waals surface area contributed by atoms with E-state index in [0.29, 0.717) is 36.7 Å². The third kappa shape index (κ3) is 5.06. The van der Waals surface area contributed by atoms with Crippen molar-refractivity contribution >= 4 is 21.6 Å². The standard InChI is InChI=1S/C19H23N3O3S/c20-17-8-6-14(7-9-17)10-11-21-19(23)16-2-1-3-18(12-16)26(24,25)22-13-15-4-5-15/h1-3,6-9,12,15,22H,4-5,10-11,13,20H2,(H,21,23). The molecule has 0 radical (unpaired) electrons. The Hall–Kier alpha value is -2.38. The largest absolute Gasteiger partial charge is 0.399 e. The van der Waals surface area contributed by atoms with Gasteiger partial charge in [0, 0.05) is 24.3 Å². The Morgan fingerprint density at radius 3 is 2.54 bits per heavy atom. The van der Waals surface area contributed by atoms with E-state index in [4.69, 9.17) is 5.73 Å². The van der Waals surface area contributed by atoms with Crippen molar-refractivity contribution in [1.29, 1.82) is 0 Å². The molecule has 2 aromatic rings. The van der Waals surface area contributed by atoms with E-state index in [2.05, 4.69) is 10.0 Å². The van der Waals surface area contributed by atoms with Crippen molar-refractivity contribution in [1.82, 2.24) is 10.0 Å². The number of hydrogen-bond acceptors (Lipinski definition) is 4. The lowest BCUT2D eigenvalue weighted by molar-refractivity contribution is 0.0954. The van der Waals surface area contributed by atoms with Gasteiger partial charge in [0.15, 0.2) is 0 Å². The average Bonchev–Trinajstić information content (AvgIpc) is 3.46. The predicted molar refractivity (Wildman–Crippen MR) is 101 cm³/mol.